The summed E-state index contributed by atoms with van der Waals surface area (Å²) >= 11 is 0. The molecule has 0 heterocycles. The number of hydrogen-bond acceptors (Lipinski definition) is 3. The second-order valence-corrected chi connectivity index (χ2v) is 3.47. The van der Waals surface area contributed by atoms with E-state index in [-0.39, 0.29) is 12.8 Å². The number of rotatable bonds is 6. The van der Waals surface area contributed by atoms with E-state index in [4.69, 9.17) is 10.2 Å². The Hall–Kier alpha value is -1.88. The number of hydrogen-bond donors (Lipinski definition) is 3. The normalized spacial score (nSPS) is 13.8. The second-order valence-electron chi connectivity index (χ2n) is 3.47. The maximum atomic E-state index is 11.1. The Bertz CT molecular complexity index is 366. The molecule has 0 unspecified atom stereocenters. The van der Waals surface area contributed by atoms with Crippen molar-refractivity contribution in [3.05, 3.63) is 35.9 Å². The quantitative estimate of drug-likeness (QED) is 0.582. The summed E-state index contributed by atoms with van der Waals surface area (Å²) < 4.78 is 0. The largest absolute Gasteiger partial charge is 0.479 e. The van der Waals surface area contributed by atoms with Gasteiger partial charge in [0.25, 0.3) is 0 Å². The Morgan fingerprint density at radius 1 is 1.38 bits per heavy atom. The Labute approximate surface area is 92.7 Å². The lowest BCUT2D eigenvalue weighted by Gasteiger charge is -2.26. The molecule has 16 heavy (non-hydrogen) atoms. The van der Waals surface area contributed by atoms with E-state index in [2.05, 4.69) is 5.32 Å². The molecule has 1 rings (SSSR count). The van der Waals surface area contributed by atoms with Crippen molar-refractivity contribution in [3.8, 4) is 0 Å². The Balaban J connectivity index is 2.94. The number of aliphatic carboxylic acids is 1. The number of nitrogens with one attached hydrogen (secondary N) is 1. The summed E-state index contributed by atoms with van der Waals surface area (Å²) in [6, 6.07) is 8.80. The molecule has 0 fully saturated rings. The van der Waals surface area contributed by atoms with Gasteiger partial charge in [0.15, 0.2) is 5.54 Å². The number of aliphatic hydroxyl groups is 1. The molecule has 86 valence electrons. The molecule has 1 atom stereocenters. The summed E-state index contributed by atoms with van der Waals surface area (Å²) in [6.07, 6.45) is 0.325. The SMILES string of the molecule is O=CN[C@](CO)(Cc1ccccc1)C(=O)O. The Kier molecular flexibility index (Phi) is 4.02. The third-order valence-corrected chi connectivity index (χ3v) is 2.36. The molecule has 1 aromatic carbocycles. The van der Waals surface area contributed by atoms with Gasteiger partial charge < -0.3 is 15.5 Å². The topological polar surface area (TPSA) is 86.6 Å². The van der Waals surface area contributed by atoms with E-state index in [1.165, 1.54) is 0 Å². The van der Waals surface area contributed by atoms with Crippen molar-refractivity contribution in [2.24, 2.45) is 0 Å². The van der Waals surface area contributed by atoms with Crippen molar-refractivity contribution in [3.63, 3.8) is 0 Å². The molecule has 0 saturated heterocycles. The summed E-state index contributed by atoms with van der Waals surface area (Å²) in [6.45, 7) is -0.657. The lowest BCUT2D eigenvalue weighted by molar-refractivity contribution is -0.148. The number of aliphatic hydroxyl groups excluding tert-OH is 1. The van der Waals surface area contributed by atoms with Gasteiger partial charge in [0.2, 0.25) is 6.41 Å². The second kappa shape index (κ2) is 5.27. The maximum absolute atomic E-state index is 11.1. The molecule has 0 aromatic heterocycles. The minimum Gasteiger partial charge on any atom is -0.479 e. The van der Waals surface area contributed by atoms with Gasteiger partial charge in [-0.25, -0.2) is 4.79 Å². The molecule has 5 heteroatoms. The molecule has 3 N–H and O–H groups in total. The van der Waals surface area contributed by atoms with E-state index < -0.39 is 18.1 Å². The molecule has 0 saturated carbocycles. The van der Waals surface area contributed by atoms with E-state index in [1.54, 1.807) is 30.3 Å². The van der Waals surface area contributed by atoms with E-state index in [9.17, 15) is 9.59 Å². The van der Waals surface area contributed by atoms with Crippen LogP contribution in [0.5, 0.6) is 0 Å². The van der Waals surface area contributed by atoms with Crippen molar-refractivity contribution >= 4 is 12.4 Å². The van der Waals surface area contributed by atoms with Gasteiger partial charge >= 0.3 is 5.97 Å². The van der Waals surface area contributed by atoms with E-state index in [0.717, 1.165) is 5.56 Å². The molecule has 0 radical (unpaired) electrons. The highest BCUT2D eigenvalue weighted by atomic mass is 16.4. The smallest absolute Gasteiger partial charge is 0.332 e. The van der Waals surface area contributed by atoms with Crippen LogP contribution in [0.3, 0.4) is 0 Å². The summed E-state index contributed by atoms with van der Waals surface area (Å²) in [4.78, 5) is 21.5. The monoisotopic (exact) mass is 223 g/mol. The Morgan fingerprint density at radius 2 is 2.00 bits per heavy atom. The fourth-order valence-electron chi connectivity index (χ4n) is 1.41. The summed E-state index contributed by atoms with van der Waals surface area (Å²) in [5.41, 5.74) is -0.920. The van der Waals surface area contributed by atoms with E-state index in [1.807, 2.05) is 0 Å². The fraction of sp³-hybridized carbons (Fsp3) is 0.273. The third kappa shape index (κ3) is 2.58. The molecule has 0 bridgehead atoms. The lowest BCUT2D eigenvalue weighted by Crippen LogP contribution is -2.56. The first-order valence-corrected chi connectivity index (χ1v) is 4.74. The molecule has 0 aliphatic carbocycles. The summed E-state index contributed by atoms with van der Waals surface area (Å²) in [5.74, 6) is -1.26. The zero-order chi connectivity index (χ0) is 12.0. The van der Waals surface area contributed by atoms with Crippen molar-refractivity contribution in [2.45, 2.75) is 12.0 Å². The zero-order valence-electron chi connectivity index (χ0n) is 8.59. The molecular formula is C11H13NO4. The zero-order valence-corrected chi connectivity index (χ0v) is 8.59. The van der Waals surface area contributed by atoms with Crippen molar-refractivity contribution < 1.29 is 19.8 Å². The van der Waals surface area contributed by atoms with Gasteiger partial charge in [0, 0.05) is 6.42 Å². The molecule has 0 aliphatic rings. The lowest BCUT2D eigenvalue weighted by atomic mass is 9.92. The molecule has 5 nitrogen and oxygen atoms in total. The summed E-state index contributed by atoms with van der Waals surface area (Å²) in [5, 5.41) is 20.3. The summed E-state index contributed by atoms with van der Waals surface area (Å²) in [7, 11) is 0. The van der Waals surface area contributed by atoms with Crippen LogP contribution >= 0.6 is 0 Å². The van der Waals surface area contributed by atoms with E-state index >= 15 is 0 Å². The third-order valence-electron chi connectivity index (χ3n) is 2.36. The van der Waals surface area contributed by atoms with Gasteiger partial charge in [-0.2, -0.15) is 0 Å². The van der Waals surface area contributed by atoms with Crippen molar-refractivity contribution in [1.29, 1.82) is 0 Å². The standard InChI is InChI=1S/C11H13NO4/c13-7-11(10(15)16,12-8-14)6-9-4-2-1-3-5-9/h1-5,8,13H,6-7H2,(H,12,14)(H,15,16)/t11-/m0/s1. The minimum atomic E-state index is -1.65. The highest BCUT2D eigenvalue weighted by Gasteiger charge is 2.37. The molecule has 1 amide bonds. The first kappa shape index (κ1) is 12.2. The number of amides is 1. The molecule has 0 aliphatic heterocycles. The van der Waals surface area contributed by atoms with Crippen LogP contribution in [0.2, 0.25) is 0 Å². The maximum Gasteiger partial charge on any atom is 0.332 e. The number of carbonyl (C=O) groups is 2. The van der Waals surface area contributed by atoms with Crippen LogP contribution in [-0.4, -0.2) is 34.7 Å². The first-order chi connectivity index (χ1) is 7.64. The van der Waals surface area contributed by atoms with Gasteiger partial charge in [-0.1, -0.05) is 30.3 Å². The number of benzene rings is 1. The van der Waals surface area contributed by atoms with Gasteiger partial charge in [-0.3, -0.25) is 4.79 Å². The van der Waals surface area contributed by atoms with Crippen LogP contribution in [-0.2, 0) is 16.0 Å². The van der Waals surface area contributed by atoms with Crippen LogP contribution in [0.1, 0.15) is 5.56 Å². The van der Waals surface area contributed by atoms with Crippen LogP contribution in [0.15, 0.2) is 30.3 Å². The molecular weight excluding hydrogens is 210 g/mol. The number of carbonyl (C=O) groups excluding carboxylic acids is 1. The highest BCUT2D eigenvalue weighted by molar-refractivity contribution is 5.82. The molecule has 0 spiro atoms. The number of carboxylic acids is 1. The average Bonchev–Trinajstić information content (AvgIpc) is 2.29. The van der Waals surface area contributed by atoms with Crippen LogP contribution < -0.4 is 5.32 Å². The first-order valence-electron chi connectivity index (χ1n) is 4.74. The van der Waals surface area contributed by atoms with Crippen LogP contribution in [0, 0.1) is 0 Å². The molecule has 1 aromatic rings. The van der Waals surface area contributed by atoms with Crippen LogP contribution in [0.4, 0.5) is 0 Å². The van der Waals surface area contributed by atoms with Gasteiger partial charge in [-0.15, -0.1) is 0 Å². The highest BCUT2D eigenvalue weighted by Crippen LogP contribution is 2.13. The van der Waals surface area contributed by atoms with Gasteiger partial charge in [-0.05, 0) is 5.56 Å². The number of carboxylic acid groups (broad SMARTS) is 1. The van der Waals surface area contributed by atoms with Crippen molar-refractivity contribution in [1.82, 2.24) is 5.32 Å². The predicted octanol–water partition coefficient (Wildman–Crippen LogP) is -0.209. The minimum absolute atomic E-state index is 0.0401. The van der Waals surface area contributed by atoms with Crippen molar-refractivity contribution in [2.75, 3.05) is 6.61 Å². The average molecular weight is 223 g/mol. The van der Waals surface area contributed by atoms with Crippen LogP contribution in [0.25, 0.3) is 0 Å². The van der Waals surface area contributed by atoms with Gasteiger partial charge in [0.05, 0.1) is 6.61 Å². The predicted molar refractivity (Wildman–Crippen MR) is 56.8 cm³/mol. The Morgan fingerprint density at radius 3 is 2.44 bits per heavy atom. The van der Waals surface area contributed by atoms with Gasteiger partial charge in [0.1, 0.15) is 0 Å². The van der Waals surface area contributed by atoms with E-state index in [0.29, 0.717) is 0 Å². The fourth-order valence-corrected chi connectivity index (χ4v) is 1.41.